The number of para-hydroxylation sites is 1. The molecule has 0 aromatic heterocycles. The fourth-order valence-corrected chi connectivity index (χ4v) is 2.22. The topological polar surface area (TPSA) is 29.5 Å². The Morgan fingerprint density at radius 1 is 1.14 bits per heavy atom. The Morgan fingerprint density at radius 2 is 1.76 bits per heavy atom. The van der Waals surface area contributed by atoms with E-state index in [2.05, 4.69) is 0 Å². The predicted octanol–water partition coefficient (Wildman–Crippen LogP) is 3.67. The van der Waals surface area contributed by atoms with E-state index in [-0.39, 0.29) is 17.5 Å². The molecule has 0 spiro atoms. The van der Waals surface area contributed by atoms with E-state index in [0.29, 0.717) is 5.75 Å². The molecule has 0 fully saturated rings. The first-order valence-corrected chi connectivity index (χ1v) is 6.71. The Labute approximate surface area is 124 Å². The molecule has 0 radical (unpaired) electrons. The van der Waals surface area contributed by atoms with Crippen LogP contribution < -0.4 is 4.74 Å². The number of carbonyl (C=O) groups excluding carboxylic acids is 1. The van der Waals surface area contributed by atoms with Gasteiger partial charge in [0.25, 0.3) is 5.91 Å². The molecule has 4 heteroatoms. The van der Waals surface area contributed by atoms with Crippen molar-refractivity contribution in [3.63, 3.8) is 0 Å². The molecule has 1 atom stereocenters. The van der Waals surface area contributed by atoms with E-state index in [9.17, 15) is 9.18 Å². The van der Waals surface area contributed by atoms with E-state index in [4.69, 9.17) is 4.74 Å². The molecular formula is C17H18FNO2. The van der Waals surface area contributed by atoms with Gasteiger partial charge in [-0.2, -0.15) is 0 Å². The third-order valence-electron chi connectivity index (χ3n) is 3.59. The lowest BCUT2D eigenvalue weighted by atomic mass is 10.0. The average molecular weight is 287 g/mol. The number of nitrogens with zero attached hydrogens (tertiary/aromatic N) is 1. The zero-order chi connectivity index (χ0) is 15.4. The second-order valence-electron chi connectivity index (χ2n) is 4.81. The number of methoxy groups -OCH3 is 1. The van der Waals surface area contributed by atoms with E-state index in [1.54, 1.807) is 26.3 Å². The van der Waals surface area contributed by atoms with Crippen molar-refractivity contribution in [3.05, 3.63) is 65.5 Å². The highest BCUT2D eigenvalue weighted by atomic mass is 19.1. The van der Waals surface area contributed by atoms with Gasteiger partial charge in [-0.05, 0) is 25.1 Å². The van der Waals surface area contributed by atoms with Gasteiger partial charge < -0.3 is 9.64 Å². The van der Waals surface area contributed by atoms with Gasteiger partial charge in [-0.1, -0.05) is 30.3 Å². The molecule has 1 unspecified atom stereocenters. The summed E-state index contributed by atoms with van der Waals surface area (Å²) in [4.78, 5) is 13.9. The minimum Gasteiger partial charge on any atom is -0.496 e. The van der Waals surface area contributed by atoms with Crippen LogP contribution in [0.25, 0.3) is 0 Å². The summed E-state index contributed by atoms with van der Waals surface area (Å²) in [5.74, 6) is -0.161. The molecule has 0 aliphatic carbocycles. The Morgan fingerprint density at radius 3 is 2.43 bits per heavy atom. The molecule has 0 bridgehead atoms. The maximum Gasteiger partial charge on any atom is 0.257 e. The Hall–Kier alpha value is -2.36. The highest BCUT2D eigenvalue weighted by molar-refractivity contribution is 5.94. The molecule has 0 heterocycles. The lowest BCUT2D eigenvalue weighted by Crippen LogP contribution is -2.30. The number of hydrogen-bond donors (Lipinski definition) is 0. The highest BCUT2D eigenvalue weighted by Gasteiger charge is 2.23. The van der Waals surface area contributed by atoms with Crippen LogP contribution >= 0.6 is 0 Å². The SMILES string of the molecule is COc1ccccc1C(C)N(C)C(=O)c1ccccc1F. The number of hydrogen-bond acceptors (Lipinski definition) is 2. The summed E-state index contributed by atoms with van der Waals surface area (Å²) >= 11 is 0. The van der Waals surface area contributed by atoms with Crippen molar-refractivity contribution in [2.45, 2.75) is 13.0 Å². The van der Waals surface area contributed by atoms with Crippen molar-refractivity contribution in [1.82, 2.24) is 4.90 Å². The first-order valence-electron chi connectivity index (χ1n) is 6.71. The van der Waals surface area contributed by atoms with Crippen LogP contribution in [0.1, 0.15) is 28.9 Å². The van der Waals surface area contributed by atoms with Crippen LogP contribution in [-0.4, -0.2) is 25.0 Å². The van der Waals surface area contributed by atoms with Crippen LogP contribution in [0.4, 0.5) is 4.39 Å². The fraction of sp³-hybridized carbons (Fsp3) is 0.235. The van der Waals surface area contributed by atoms with E-state index in [1.165, 1.54) is 17.0 Å². The molecule has 21 heavy (non-hydrogen) atoms. The number of halogens is 1. The second-order valence-corrected chi connectivity index (χ2v) is 4.81. The zero-order valence-corrected chi connectivity index (χ0v) is 12.3. The van der Waals surface area contributed by atoms with Gasteiger partial charge in [-0.3, -0.25) is 4.79 Å². The molecular weight excluding hydrogens is 269 g/mol. The molecule has 0 aliphatic rings. The summed E-state index contributed by atoms with van der Waals surface area (Å²) in [5.41, 5.74) is 0.953. The monoisotopic (exact) mass is 287 g/mol. The minimum atomic E-state index is -0.512. The lowest BCUT2D eigenvalue weighted by molar-refractivity contribution is 0.0736. The maximum atomic E-state index is 13.7. The van der Waals surface area contributed by atoms with Gasteiger partial charge in [0.1, 0.15) is 11.6 Å². The van der Waals surface area contributed by atoms with Crippen molar-refractivity contribution >= 4 is 5.91 Å². The fourth-order valence-electron chi connectivity index (χ4n) is 2.22. The van der Waals surface area contributed by atoms with E-state index in [0.717, 1.165) is 5.56 Å². The summed E-state index contributed by atoms with van der Waals surface area (Å²) < 4.78 is 19.1. The summed E-state index contributed by atoms with van der Waals surface area (Å²) in [7, 11) is 3.25. The molecule has 2 rings (SSSR count). The van der Waals surface area contributed by atoms with E-state index < -0.39 is 5.82 Å². The molecule has 110 valence electrons. The third-order valence-corrected chi connectivity index (χ3v) is 3.59. The van der Waals surface area contributed by atoms with Crippen LogP contribution in [0.3, 0.4) is 0 Å². The van der Waals surface area contributed by atoms with Crippen LogP contribution in [0, 0.1) is 5.82 Å². The van der Waals surface area contributed by atoms with E-state index in [1.807, 2.05) is 31.2 Å². The number of rotatable bonds is 4. The largest absolute Gasteiger partial charge is 0.496 e. The van der Waals surface area contributed by atoms with Crippen molar-refractivity contribution in [1.29, 1.82) is 0 Å². The number of carbonyl (C=O) groups is 1. The molecule has 1 amide bonds. The Bertz CT molecular complexity index is 642. The average Bonchev–Trinajstić information content (AvgIpc) is 2.53. The summed E-state index contributed by atoms with van der Waals surface area (Å²) in [6, 6.07) is 13.3. The van der Waals surface area contributed by atoms with Gasteiger partial charge in [0.2, 0.25) is 0 Å². The van der Waals surface area contributed by atoms with Crippen molar-refractivity contribution in [3.8, 4) is 5.75 Å². The first kappa shape index (κ1) is 15.0. The van der Waals surface area contributed by atoms with Crippen LogP contribution in [0.2, 0.25) is 0 Å². The standard InChI is InChI=1S/C17H18FNO2/c1-12(13-8-5-7-11-16(13)21-3)19(2)17(20)14-9-4-6-10-15(14)18/h4-12H,1-3H3. The van der Waals surface area contributed by atoms with Crippen LogP contribution in [0.15, 0.2) is 48.5 Å². The third kappa shape index (κ3) is 3.05. The summed E-state index contributed by atoms with van der Waals surface area (Å²) in [6.07, 6.45) is 0. The van der Waals surface area contributed by atoms with Crippen molar-refractivity contribution in [2.24, 2.45) is 0 Å². The maximum absolute atomic E-state index is 13.7. The second kappa shape index (κ2) is 6.39. The minimum absolute atomic E-state index is 0.0711. The van der Waals surface area contributed by atoms with Gasteiger partial charge >= 0.3 is 0 Å². The normalized spacial score (nSPS) is 11.8. The zero-order valence-electron chi connectivity index (χ0n) is 12.3. The molecule has 3 nitrogen and oxygen atoms in total. The molecule has 0 aliphatic heterocycles. The molecule has 0 saturated carbocycles. The van der Waals surface area contributed by atoms with Crippen LogP contribution in [-0.2, 0) is 0 Å². The summed E-state index contributed by atoms with van der Waals surface area (Å²) in [6.45, 7) is 1.89. The smallest absolute Gasteiger partial charge is 0.257 e. The molecule has 0 saturated heterocycles. The van der Waals surface area contributed by atoms with Gasteiger partial charge in [0, 0.05) is 12.6 Å². The van der Waals surface area contributed by atoms with Gasteiger partial charge in [-0.15, -0.1) is 0 Å². The predicted molar refractivity (Wildman–Crippen MR) is 79.9 cm³/mol. The highest BCUT2D eigenvalue weighted by Crippen LogP contribution is 2.29. The quantitative estimate of drug-likeness (QED) is 0.858. The molecule has 2 aromatic rings. The van der Waals surface area contributed by atoms with Gasteiger partial charge in [0.05, 0.1) is 18.7 Å². The lowest BCUT2D eigenvalue weighted by Gasteiger charge is -2.26. The summed E-state index contributed by atoms with van der Waals surface area (Å²) in [5, 5.41) is 0. The van der Waals surface area contributed by atoms with Gasteiger partial charge in [-0.25, -0.2) is 4.39 Å². The molecule has 0 N–H and O–H groups in total. The van der Waals surface area contributed by atoms with E-state index >= 15 is 0 Å². The van der Waals surface area contributed by atoms with Crippen molar-refractivity contribution in [2.75, 3.05) is 14.2 Å². The Balaban J connectivity index is 2.29. The molecule has 2 aromatic carbocycles. The van der Waals surface area contributed by atoms with Crippen LogP contribution in [0.5, 0.6) is 5.75 Å². The number of amides is 1. The number of benzene rings is 2. The van der Waals surface area contributed by atoms with Gasteiger partial charge in [0.15, 0.2) is 0 Å². The Kier molecular flexibility index (Phi) is 4.58. The first-order chi connectivity index (χ1) is 10.1. The number of ether oxygens (including phenoxy) is 1. The van der Waals surface area contributed by atoms with Crippen molar-refractivity contribution < 1.29 is 13.9 Å².